The highest BCUT2D eigenvalue weighted by Crippen LogP contribution is 2.30. The number of nitrogens with zero attached hydrogens (tertiary/aromatic N) is 2. The van der Waals surface area contributed by atoms with Gasteiger partial charge < -0.3 is 9.64 Å². The fraction of sp³-hybridized carbons (Fsp3) is 0.550. The number of fused-ring (bicyclic) bond motifs is 1. The van der Waals surface area contributed by atoms with Crippen LogP contribution in [0.5, 0.6) is 0 Å². The first kappa shape index (κ1) is 17.5. The van der Waals surface area contributed by atoms with Crippen LogP contribution in [-0.4, -0.2) is 41.0 Å². The molecule has 2 heterocycles. The molecule has 6 heteroatoms. The van der Waals surface area contributed by atoms with E-state index in [2.05, 4.69) is 11.1 Å². The Bertz CT molecular complexity index is 764. The highest BCUT2D eigenvalue weighted by Gasteiger charge is 2.39. The Morgan fingerprint density at radius 1 is 1.27 bits per heavy atom. The van der Waals surface area contributed by atoms with E-state index in [-0.39, 0.29) is 17.8 Å². The largest absolute Gasteiger partial charge is 0.465 e. The molecule has 2 aliphatic rings. The topological polar surface area (TPSA) is 59.5 Å². The Balaban J connectivity index is 1.22. The Morgan fingerprint density at radius 2 is 2.08 bits per heavy atom. The average molecular weight is 372 g/mol. The van der Waals surface area contributed by atoms with E-state index in [0.717, 1.165) is 36.2 Å². The molecule has 4 rings (SSSR count). The van der Waals surface area contributed by atoms with Crippen LogP contribution in [0.1, 0.15) is 43.5 Å². The van der Waals surface area contributed by atoms with Gasteiger partial charge in [-0.2, -0.15) is 0 Å². The van der Waals surface area contributed by atoms with E-state index in [1.165, 1.54) is 17.5 Å². The van der Waals surface area contributed by atoms with Crippen molar-refractivity contribution in [3.63, 3.8) is 0 Å². The Labute approximate surface area is 157 Å². The van der Waals surface area contributed by atoms with E-state index in [1.54, 1.807) is 11.3 Å². The van der Waals surface area contributed by atoms with Gasteiger partial charge in [0.05, 0.1) is 27.7 Å². The number of carbonyl (C=O) groups excluding carboxylic acids is 2. The molecular weight excluding hydrogens is 348 g/mol. The minimum absolute atomic E-state index is 0.119. The predicted octanol–water partition coefficient (Wildman–Crippen LogP) is 3.56. The zero-order valence-electron chi connectivity index (χ0n) is 14.9. The molecule has 0 spiro atoms. The number of para-hydroxylation sites is 1. The lowest BCUT2D eigenvalue weighted by Crippen LogP contribution is -2.35. The van der Waals surface area contributed by atoms with E-state index < -0.39 is 0 Å². The number of aryl methyl sites for hydroxylation is 1. The van der Waals surface area contributed by atoms with Gasteiger partial charge in [0.25, 0.3) is 0 Å². The molecule has 1 atom stereocenters. The predicted molar refractivity (Wildman–Crippen MR) is 101 cm³/mol. The molecule has 2 fully saturated rings. The van der Waals surface area contributed by atoms with Gasteiger partial charge in [-0.15, -0.1) is 11.3 Å². The second-order valence-corrected chi connectivity index (χ2v) is 8.35. The lowest BCUT2D eigenvalue weighted by Gasteiger charge is -2.23. The van der Waals surface area contributed by atoms with Gasteiger partial charge in [0.2, 0.25) is 5.91 Å². The molecule has 26 heavy (non-hydrogen) atoms. The maximum atomic E-state index is 12.3. The zero-order valence-corrected chi connectivity index (χ0v) is 15.7. The average Bonchev–Trinajstić information content (AvgIpc) is 3.37. The quantitative estimate of drug-likeness (QED) is 0.575. The number of hydrogen-bond donors (Lipinski definition) is 0. The SMILES string of the molecule is O=C(OCCCc1nc2ccccc2s1)[C@@H]1CC(=O)N(C2CCCC2)C1. The number of amides is 1. The first-order valence-corrected chi connectivity index (χ1v) is 10.3. The molecule has 1 saturated heterocycles. The van der Waals surface area contributed by atoms with E-state index in [9.17, 15) is 9.59 Å². The minimum Gasteiger partial charge on any atom is -0.465 e. The van der Waals surface area contributed by atoms with Crippen LogP contribution >= 0.6 is 11.3 Å². The Morgan fingerprint density at radius 3 is 2.88 bits per heavy atom. The van der Waals surface area contributed by atoms with E-state index >= 15 is 0 Å². The summed E-state index contributed by atoms with van der Waals surface area (Å²) in [6.45, 7) is 0.934. The number of carbonyl (C=O) groups is 2. The van der Waals surface area contributed by atoms with Crippen molar-refractivity contribution in [2.45, 2.75) is 51.0 Å². The Hall–Kier alpha value is -1.95. The van der Waals surface area contributed by atoms with Crippen LogP contribution < -0.4 is 0 Å². The molecule has 0 unspecified atom stereocenters. The monoisotopic (exact) mass is 372 g/mol. The molecule has 2 aromatic rings. The van der Waals surface area contributed by atoms with Crippen molar-refractivity contribution in [3.8, 4) is 0 Å². The summed E-state index contributed by atoms with van der Waals surface area (Å²) in [5, 5.41) is 1.07. The van der Waals surface area contributed by atoms with Crippen molar-refractivity contribution in [1.82, 2.24) is 9.88 Å². The molecule has 0 radical (unpaired) electrons. The molecule has 1 aromatic heterocycles. The summed E-state index contributed by atoms with van der Waals surface area (Å²) >= 11 is 1.69. The number of benzene rings is 1. The number of aromatic nitrogens is 1. The van der Waals surface area contributed by atoms with Crippen molar-refractivity contribution >= 4 is 33.4 Å². The Kier molecular flexibility index (Phi) is 5.20. The second-order valence-electron chi connectivity index (χ2n) is 7.23. The van der Waals surface area contributed by atoms with Crippen LogP contribution in [-0.2, 0) is 20.7 Å². The third-order valence-corrected chi connectivity index (χ3v) is 6.47. The van der Waals surface area contributed by atoms with Crippen LogP contribution in [0.2, 0.25) is 0 Å². The van der Waals surface area contributed by atoms with Gasteiger partial charge in [-0.05, 0) is 31.4 Å². The highest BCUT2D eigenvalue weighted by atomic mass is 32.1. The number of hydrogen-bond acceptors (Lipinski definition) is 5. The van der Waals surface area contributed by atoms with Crippen molar-refractivity contribution in [1.29, 1.82) is 0 Å². The molecule has 1 aliphatic carbocycles. The number of ether oxygens (including phenoxy) is 1. The van der Waals surface area contributed by atoms with Crippen LogP contribution in [0.15, 0.2) is 24.3 Å². The van der Waals surface area contributed by atoms with Crippen LogP contribution in [0.4, 0.5) is 0 Å². The lowest BCUT2D eigenvalue weighted by molar-refractivity contribution is -0.148. The molecule has 1 saturated carbocycles. The van der Waals surface area contributed by atoms with Crippen LogP contribution in [0.3, 0.4) is 0 Å². The van der Waals surface area contributed by atoms with Gasteiger partial charge in [0, 0.05) is 25.4 Å². The molecule has 138 valence electrons. The standard InChI is InChI=1S/C20H24N2O3S/c23-19-12-14(13-22(19)15-6-1-2-7-15)20(24)25-11-5-10-18-21-16-8-3-4-9-17(16)26-18/h3-4,8-9,14-15H,1-2,5-7,10-13H2/t14-/m1/s1. The highest BCUT2D eigenvalue weighted by molar-refractivity contribution is 7.18. The summed E-state index contributed by atoms with van der Waals surface area (Å²) in [7, 11) is 0. The molecule has 1 aliphatic heterocycles. The zero-order chi connectivity index (χ0) is 17.9. The summed E-state index contributed by atoms with van der Waals surface area (Å²) in [6.07, 6.45) is 6.42. The second kappa shape index (κ2) is 7.74. The first-order chi connectivity index (χ1) is 12.7. The van der Waals surface area contributed by atoms with Gasteiger partial charge in [0.1, 0.15) is 0 Å². The molecule has 0 N–H and O–H groups in total. The molecule has 1 aromatic carbocycles. The van der Waals surface area contributed by atoms with E-state index in [4.69, 9.17) is 4.74 Å². The maximum Gasteiger partial charge on any atom is 0.311 e. The lowest BCUT2D eigenvalue weighted by atomic mass is 10.1. The summed E-state index contributed by atoms with van der Waals surface area (Å²) < 4.78 is 6.63. The van der Waals surface area contributed by atoms with Gasteiger partial charge >= 0.3 is 5.97 Å². The summed E-state index contributed by atoms with van der Waals surface area (Å²) in [4.78, 5) is 31.0. The molecule has 0 bridgehead atoms. The molecule has 1 amide bonds. The first-order valence-electron chi connectivity index (χ1n) is 9.51. The van der Waals surface area contributed by atoms with Crippen molar-refractivity contribution in [2.24, 2.45) is 5.92 Å². The maximum absolute atomic E-state index is 12.3. The minimum atomic E-state index is -0.287. The number of esters is 1. The summed E-state index contributed by atoms with van der Waals surface area (Å²) in [5.41, 5.74) is 1.03. The fourth-order valence-electron chi connectivity index (χ4n) is 4.00. The third kappa shape index (κ3) is 3.75. The van der Waals surface area contributed by atoms with Crippen LogP contribution in [0.25, 0.3) is 10.2 Å². The van der Waals surface area contributed by atoms with Gasteiger partial charge in [0.15, 0.2) is 0 Å². The molecular formula is C20H24N2O3S. The van der Waals surface area contributed by atoms with E-state index in [1.807, 2.05) is 23.1 Å². The summed E-state index contributed by atoms with van der Waals surface area (Å²) in [6, 6.07) is 8.45. The third-order valence-electron chi connectivity index (χ3n) is 5.37. The van der Waals surface area contributed by atoms with E-state index in [0.29, 0.717) is 25.6 Å². The molecule has 5 nitrogen and oxygen atoms in total. The van der Waals surface area contributed by atoms with Gasteiger partial charge in [-0.1, -0.05) is 25.0 Å². The summed E-state index contributed by atoms with van der Waals surface area (Å²) in [5.74, 6) is -0.387. The van der Waals surface area contributed by atoms with Gasteiger partial charge in [-0.25, -0.2) is 4.98 Å². The number of rotatable bonds is 6. The van der Waals surface area contributed by atoms with Crippen molar-refractivity contribution in [3.05, 3.63) is 29.3 Å². The van der Waals surface area contributed by atoms with Crippen molar-refractivity contribution in [2.75, 3.05) is 13.2 Å². The van der Waals surface area contributed by atoms with Crippen molar-refractivity contribution < 1.29 is 14.3 Å². The number of likely N-dealkylation sites (tertiary alicyclic amines) is 1. The van der Waals surface area contributed by atoms with Crippen LogP contribution in [0, 0.1) is 5.92 Å². The fourth-order valence-corrected chi connectivity index (χ4v) is 5.01. The number of thiazole rings is 1. The van der Waals surface area contributed by atoms with Gasteiger partial charge in [-0.3, -0.25) is 9.59 Å². The smallest absolute Gasteiger partial charge is 0.311 e. The normalized spacial score (nSPS) is 21.0.